The van der Waals surface area contributed by atoms with Crippen molar-refractivity contribution in [2.24, 2.45) is 4.99 Å². The quantitative estimate of drug-likeness (QED) is 0.661. The number of thiophene rings is 1. The van der Waals surface area contributed by atoms with E-state index in [2.05, 4.69) is 43.0 Å². The van der Waals surface area contributed by atoms with Crippen molar-refractivity contribution in [1.29, 1.82) is 0 Å². The van der Waals surface area contributed by atoms with Crippen molar-refractivity contribution >= 4 is 33.2 Å². The second-order valence-corrected chi connectivity index (χ2v) is 5.89. The molecule has 2 N–H and O–H groups in total. The van der Waals surface area contributed by atoms with Gasteiger partial charge >= 0.3 is 0 Å². The summed E-state index contributed by atoms with van der Waals surface area (Å²) in [7, 11) is 1.81. The number of halogens is 1. The normalized spacial score (nSPS) is 16.5. The SMILES string of the molecule is CN=C(NCc1csc(Br)c1)NC1CC1. The molecular weight excluding hydrogens is 274 g/mol. The molecule has 1 aromatic heterocycles. The van der Waals surface area contributed by atoms with Crippen molar-refractivity contribution in [2.75, 3.05) is 7.05 Å². The molecule has 1 aliphatic rings. The number of rotatable bonds is 3. The topological polar surface area (TPSA) is 36.4 Å². The smallest absolute Gasteiger partial charge is 0.191 e. The average Bonchev–Trinajstić information content (AvgIpc) is 2.95. The van der Waals surface area contributed by atoms with E-state index in [9.17, 15) is 0 Å². The fourth-order valence-electron chi connectivity index (χ4n) is 1.24. The van der Waals surface area contributed by atoms with Crippen LogP contribution >= 0.6 is 27.3 Å². The summed E-state index contributed by atoms with van der Waals surface area (Å²) in [5.74, 6) is 0.903. The maximum absolute atomic E-state index is 4.18. The Labute approximate surface area is 102 Å². The van der Waals surface area contributed by atoms with Gasteiger partial charge in [-0.15, -0.1) is 11.3 Å². The molecule has 3 nitrogen and oxygen atoms in total. The Hall–Kier alpha value is -0.550. The predicted molar refractivity (Wildman–Crippen MR) is 68.4 cm³/mol. The highest BCUT2D eigenvalue weighted by atomic mass is 79.9. The molecule has 82 valence electrons. The number of hydrogen-bond donors (Lipinski definition) is 2. The van der Waals surface area contributed by atoms with Crippen molar-refractivity contribution in [3.63, 3.8) is 0 Å². The second-order valence-electron chi connectivity index (χ2n) is 3.60. The van der Waals surface area contributed by atoms with E-state index in [-0.39, 0.29) is 0 Å². The zero-order valence-corrected chi connectivity index (χ0v) is 11.0. The van der Waals surface area contributed by atoms with Crippen LogP contribution in [0.15, 0.2) is 20.2 Å². The summed E-state index contributed by atoms with van der Waals surface area (Å²) < 4.78 is 1.17. The van der Waals surface area contributed by atoms with E-state index in [0.29, 0.717) is 6.04 Å². The number of nitrogens with zero attached hydrogens (tertiary/aromatic N) is 1. The Morgan fingerprint density at radius 3 is 3.00 bits per heavy atom. The van der Waals surface area contributed by atoms with E-state index in [0.717, 1.165) is 12.5 Å². The van der Waals surface area contributed by atoms with Gasteiger partial charge in [0.2, 0.25) is 0 Å². The van der Waals surface area contributed by atoms with Gasteiger partial charge in [0.25, 0.3) is 0 Å². The van der Waals surface area contributed by atoms with Crippen LogP contribution in [0.3, 0.4) is 0 Å². The third-order valence-corrected chi connectivity index (χ3v) is 3.78. The van der Waals surface area contributed by atoms with Crippen molar-refractivity contribution in [2.45, 2.75) is 25.4 Å². The summed E-state index contributed by atoms with van der Waals surface area (Å²) >= 11 is 5.16. The molecule has 0 aliphatic heterocycles. The van der Waals surface area contributed by atoms with Gasteiger partial charge in [-0.25, -0.2) is 0 Å². The molecule has 2 rings (SSSR count). The fraction of sp³-hybridized carbons (Fsp3) is 0.500. The van der Waals surface area contributed by atoms with Crippen molar-refractivity contribution in [3.05, 3.63) is 20.8 Å². The molecule has 0 unspecified atom stereocenters. The Bertz CT molecular complexity index is 357. The van der Waals surface area contributed by atoms with Crippen LogP contribution in [0.1, 0.15) is 18.4 Å². The largest absolute Gasteiger partial charge is 0.354 e. The second kappa shape index (κ2) is 4.99. The van der Waals surface area contributed by atoms with Crippen LogP contribution in [0.5, 0.6) is 0 Å². The summed E-state index contributed by atoms with van der Waals surface area (Å²) in [5, 5.41) is 8.78. The zero-order valence-electron chi connectivity index (χ0n) is 8.59. The van der Waals surface area contributed by atoms with Gasteiger partial charge < -0.3 is 10.6 Å². The van der Waals surface area contributed by atoms with E-state index in [1.54, 1.807) is 18.4 Å². The Morgan fingerprint density at radius 1 is 1.67 bits per heavy atom. The standard InChI is InChI=1S/C10H14BrN3S/c1-12-10(14-8-2-3-8)13-5-7-4-9(11)15-6-7/h4,6,8H,2-3,5H2,1H3,(H2,12,13,14). The summed E-state index contributed by atoms with van der Waals surface area (Å²) in [5.41, 5.74) is 1.28. The number of hydrogen-bond acceptors (Lipinski definition) is 2. The van der Waals surface area contributed by atoms with Crippen LogP contribution in [-0.4, -0.2) is 19.0 Å². The summed E-state index contributed by atoms with van der Waals surface area (Å²) in [6.45, 7) is 0.828. The molecule has 1 fully saturated rings. The monoisotopic (exact) mass is 287 g/mol. The fourth-order valence-corrected chi connectivity index (χ4v) is 2.45. The minimum atomic E-state index is 0.644. The summed E-state index contributed by atoms with van der Waals surface area (Å²) in [4.78, 5) is 4.18. The maximum Gasteiger partial charge on any atom is 0.191 e. The lowest BCUT2D eigenvalue weighted by Gasteiger charge is -2.09. The number of aliphatic imine (C=N–C) groups is 1. The van der Waals surface area contributed by atoms with Gasteiger partial charge in [-0.3, -0.25) is 4.99 Å². The minimum absolute atomic E-state index is 0.644. The Balaban J connectivity index is 1.80. The first-order valence-electron chi connectivity index (χ1n) is 4.98. The van der Waals surface area contributed by atoms with Crippen LogP contribution < -0.4 is 10.6 Å². The Morgan fingerprint density at radius 2 is 2.47 bits per heavy atom. The van der Waals surface area contributed by atoms with Crippen molar-refractivity contribution in [1.82, 2.24) is 10.6 Å². The van der Waals surface area contributed by atoms with Crippen LogP contribution in [0.4, 0.5) is 0 Å². The van der Waals surface area contributed by atoms with Gasteiger partial charge in [0.05, 0.1) is 3.79 Å². The summed E-state index contributed by atoms with van der Waals surface area (Å²) in [6.07, 6.45) is 2.54. The van der Waals surface area contributed by atoms with Gasteiger partial charge in [0.1, 0.15) is 0 Å². The summed E-state index contributed by atoms with van der Waals surface area (Å²) in [6, 6.07) is 2.77. The molecule has 1 saturated carbocycles. The molecule has 0 saturated heterocycles. The lowest BCUT2D eigenvalue weighted by molar-refractivity contribution is 0.807. The van der Waals surface area contributed by atoms with Gasteiger partial charge in [-0.05, 0) is 45.8 Å². The molecule has 5 heteroatoms. The molecule has 0 aromatic carbocycles. The van der Waals surface area contributed by atoms with E-state index >= 15 is 0 Å². The molecule has 1 aromatic rings. The minimum Gasteiger partial charge on any atom is -0.354 e. The zero-order chi connectivity index (χ0) is 10.7. The maximum atomic E-state index is 4.18. The molecule has 0 amide bonds. The highest BCUT2D eigenvalue weighted by Gasteiger charge is 2.21. The van der Waals surface area contributed by atoms with E-state index in [1.807, 2.05) is 0 Å². The Kier molecular flexibility index (Phi) is 3.64. The van der Waals surface area contributed by atoms with Crippen molar-refractivity contribution in [3.8, 4) is 0 Å². The molecule has 1 aliphatic carbocycles. The highest BCUT2D eigenvalue weighted by molar-refractivity contribution is 9.11. The van der Waals surface area contributed by atoms with E-state index in [4.69, 9.17) is 0 Å². The van der Waals surface area contributed by atoms with Gasteiger partial charge in [-0.1, -0.05) is 0 Å². The highest BCUT2D eigenvalue weighted by Crippen LogP contribution is 2.20. The number of guanidine groups is 1. The molecule has 0 bridgehead atoms. The molecule has 15 heavy (non-hydrogen) atoms. The first-order chi connectivity index (χ1) is 7.28. The average molecular weight is 288 g/mol. The first-order valence-corrected chi connectivity index (χ1v) is 6.65. The van der Waals surface area contributed by atoms with Crippen LogP contribution in [0.2, 0.25) is 0 Å². The molecule has 0 atom stereocenters. The molecule has 0 radical (unpaired) electrons. The molecule has 1 heterocycles. The van der Waals surface area contributed by atoms with Crippen LogP contribution in [0.25, 0.3) is 0 Å². The van der Waals surface area contributed by atoms with Gasteiger partial charge in [-0.2, -0.15) is 0 Å². The van der Waals surface area contributed by atoms with Crippen molar-refractivity contribution < 1.29 is 0 Å². The first kappa shape index (κ1) is 11.0. The van der Waals surface area contributed by atoms with E-state index in [1.165, 1.54) is 22.2 Å². The third kappa shape index (κ3) is 3.50. The lowest BCUT2D eigenvalue weighted by atomic mass is 10.3. The van der Waals surface area contributed by atoms with Crippen LogP contribution in [0, 0.1) is 0 Å². The predicted octanol–water partition coefficient (Wildman–Crippen LogP) is 2.34. The molecular formula is C10H14BrN3S. The van der Waals surface area contributed by atoms with Gasteiger partial charge in [0, 0.05) is 19.6 Å². The third-order valence-electron chi connectivity index (χ3n) is 2.22. The van der Waals surface area contributed by atoms with Crippen LogP contribution in [-0.2, 0) is 6.54 Å². The van der Waals surface area contributed by atoms with E-state index < -0.39 is 0 Å². The van der Waals surface area contributed by atoms with Gasteiger partial charge in [0.15, 0.2) is 5.96 Å². The lowest BCUT2D eigenvalue weighted by Crippen LogP contribution is -2.37. The number of nitrogens with one attached hydrogen (secondary N) is 2. The molecule has 0 spiro atoms.